The SMILES string of the molecule is OCO[C]=COCO. The molecular weight excluding hydrogens is 112 g/mol. The van der Waals surface area contributed by atoms with Gasteiger partial charge in [-0.05, 0) is 0 Å². The van der Waals surface area contributed by atoms with E-state index in [1.165, 1.54) is 0 Å². The van der Waals surface area contributed by atoms with E-state index >= 15 is 0 Å². The van der Waals surface area contributed by atoms with Gasteiger partial charge in [0.1, 0.15) is 6.26 Å². The molecule has 0 aliphatic carbocycles. The third-order valence-electron chi connectivity index (χ3n) is 0.354. The molecule has 0 aliphatic heterocycles. The zero-order valence-electron chi connectivity index (χ0n) is 4.20. The van der Waals surface area contributed by atoms with Gasteiger partial charge in [-0.15, -0.1) is 0 Å². The van der Waals surface area contributed by atoms with Gasteiger partial charge in [-0.25, -0.2) is 0 Å². The van der Waals surface area contributed by atoms with E-state index in [1.54, 1.807) is 0 Å². The van der Waals surface area contributed by atoms with Crippen molar-refractivity contribution in [3.8, 4) is 0 Å². The van der Waals surface area contributed by atoms with Gasteiger partial charge in [-0.3, -0.25) is 0 Å². The largest absolute Gasteiger partial charge is 0.471 e. The average molecular weight is 119 g/mol. The Labute approximate surface area is 47.0 Å². The Morgan fingerprint density at radius 3 is 2.62 bits per heavy atom. The van der Waals surface area contributed by atoms with Crippen LogP contribution in [0.2, 0.25) is 0 Å². The fourth-order valence-corrected chi connectivity index (χ4v) is 0.143. The summed E-state index contributed by atoms with van der Waals surface area (Å²) < 4.78 is 8.37. The van der Waals surface area contributed by atoms with Crippen LogP contribution in [0.25, 0.3) is 0 Å². The number of ether oxygens (including phenoxy) is 2. The highest BCUT2D eigenvalue weighted by molar-refractivity contribution is 4.47. The van der Waals surface area contributed by atoms with Gasteiger partial charge < -0.3 is 19.7 Å². The second-order valence-electron chi connectivity index (χ2n) is 0.805. The highest BCUT2D eigenvalue weighted by Crippen LogP contribution is 1.74. The fraction of sp³-hybridized carbons (Fsp3) is 0.500. The summed E-state index contributed by atoms with van der Waals surface area (Å²) >= 11 is 0. The highest BCUT2D eigenvalue weighted by atomic mass is 16.6. The van der Waals surface area contributed by atoms with Gasteiger partial charge in [0.2, 0.25) is 6.26 Å². The van der Waals surface area contributed by atoms with Crippen molar-refractivity contribution in [2.45, 2.75) is 0 Å². The zero-order chi connectivity index (χ0) is 6.24. The predicted molar refractivity (Wildman–Crippen MR) is 24.2 cm³/mol. The molecule has 0 spiro atoms. The fourth-order valence-electron chi connectivity index (χ4n) is 0.143. The van der Waals surface area contributed by atoms with Crippen LogP contribution < -0.4 is 0 Å². The van der Waals surface area contributed by atoms with Gasteiger partial charge in [-0.2, -0.15) is 0 Å². The van der Waals surface area contributed by atoms with Crippen LogP contribution in [0.1, 0.15) is 0 Å². The van der Waals surface area contributed by atoms with E-state index in [1.807, 2.05) is 0 Å². The second-order valence-corrected chi connectivity index (χ2v) is 0.805. The van der Waals surface area contributed by atoms with Gasteiger partial charge in [0.15, 0.2) is 13.6 Å². The van der Waals surface area contributed by atoms with Crippen molar-refractivity contribution in [3.63, 3.8) is 0 Å². The van der Waals surface area contributed by atoms with Crippen LogP contribution in [0.15, 0.2) is 6.26 Å². The number of aliphatic hydroxyl groups excluding tert-OH is 2. The number of aliphatic hydroxyl groups is 2. The van der Waals surface area contributed by atoms with E-state index in [-0.39, 0.29) is 0 Å². The van der Waals surface area contributed by atoms with Crippen LogP contribution in [0.4, 0.5) is 0 Å². The lowest BCUT2D eigenvalue weighted by Gasteiger charge is -1.90. The first-order valence-corrected chi connectivity index (χ1v) is 1.94. The number of rotatable bonds is 4. The maximum Gasteiger partial charge on any atom is 0.202 e. The Bertz CT molecular complexity index is 53.1. The maximum absolute atomic E-state index is 7.95. The minimum Gasteiger partial charge on any atom is -0.471 e. The number of hydrogen-bond donors (Lipinski definition) is 2. The molecule has 0 unspecified atom stereocenters. The molecule has 0 heterocycles. The van der Waals surface area contributed by atoms with Gasteiger partial charge >= 0.3 is 0 Å². The average Bonchev–Trinajstić information content (AvgIpc) is 1.81. The summed E-state index contributed by atoms with van der Waals surface area (Å²) in [6.07, 6.45) is 3.09. The Morgan fingerprint density at radius 1 is 1.38 bits per heavy atom. The molecule has 4 heteroatoms. The molecule has 0 aromatic heterocycles. The van der Waals surface area contributed by atoms with Crippen LogP contribution in [0.3, 0.4) is 0 Å². The Kier molecular flexibility index (Phi) is 5.68. The lowest BCUT2D eigenvalue weighted by Crippen LogP contribution is -1.85. The van der Waals surface area contributed by atoms with E-state index in [4.69, 9.17) is 10.2 Å². The molecule has 0 atom stereocenters. The zero-order valence-corrected chi connectivity index (χ0v) is 4.20. The lowest BCUT2D eigenvalue weighted by atomic mass is 11.0. The van der Waals surface area contributed by atoms with E-state index in [0.29, 0.717) is 0 Å². The predicted octanol–water partition coefficient (Wildman–Crippen LogP) is -0.806. The first kappa shape index (κ1) is 7.26. The molecule has 0 amide bonds. The maximum atomic E-state index is 7.95. The molecule has 2 N–H and O–H groups in total. The molecule has 4 nitrogen and oxygen atoms in total. The summed E-state index contributed by atoms with van der Waals surface area (Å²) in [4.78, 5) is 0. The summed E-state index contributed by atoms with van der Waals surface area (Å²) in [5.74, 6) is 0. The van der Waals surface area contributed by atoms with Gasteiger partial charge in [-0.1, -0.05) is 0 Å². The molecule has 0 rings (SSSR count). The van der Waals surface area contributed by atoms with E-state index in [2.05, 4.69) is 15.7 Å². The van der Waals surface area contributed by atoms with E-state index < -0.39 is 13.6 Å². The minimum absolute atomic E-state index is 0.415. The summed E-state index contributed by atoms with van der Waals surface area (Å²) in [6.45, 7) is -0.854. The third-order valence-corrected chi connectivity index (χ3v) is 0.354. The first-order valence-electron chi connectivity index (χ1n) is 1.94. The van der Waals surface area contributed by atoms with Crippen molar-refractivity contribution in [3.05, 3.63) is 12.5 Å². The highest BCUT2D eigenvalue weighted by Gasteiger charge is 1.71. The van der Waals surface area contributed by atoms with E-state index in [9.17, 15) is 0 Å². The molecule has 1 radical (unpaired) electrons. The summed E-state index contributed by atoms with van der Waals surface area (Å²) in [5.41, 5.74) is 0. The Balaban J connectivity index is 2.83. The van der Waals surface area contributed by atoms with Crippen molar-refractivity contribution in [1.82, 2.24) is 0 Å². The van der Waals surface area contributed by atoms with Gasteiger partial charge in [0.05, 0.1) is 0 Å². The van der Waals surface area contributed by atoms with E-state index in [0.717, 1.165) is 6.26 Å². The van der Waals surface area contributed by atoms with Crippen LogP contribution in [0, 0.1) is 6.26 Å². The molecule has 47 valence electrons. The van der Waals surface area contributed by atoms with Crippen molar-refractivity contribution in [2.75, 3.05) is 13.6 Å². The standard InChI is InChI=1S/C4H7O4/c5-3-7-1-2-8-4-6/h1,5-6H,3-4H2. The molecule has 0 saturated heterocycles. The smallest absolute Gasteiger partial charge is 0.202 e. The van der Waals surface area contributed by atoms with Crippen LogP contribution in [0.5, 0.6) is 0 Å². The lowest BCUT2D eigenvalue weighted by molar-refractivity contribution is 0.0267. The quantitative estimate of drug-likeness (QED) is 0.375. The van der Waals surface area contributed by atoms with Crippen LogP contribution in [-0.2, 0) is 9.47 Å². The third kappa shape index (κ3) is 5.26. The van der Waals surface area contributed by atoms with Crippen molar-refractivity contribution >= 4 is 0 Å². The monoisotopic (exact) mass is 119 g/mol. The summed E-state index contributed by atoms with van der Waals surface area (Å²) in [7, 11) is 0. The molecule has 8 heavy (non-hydrogen) atoms. The molecule has 0 saturated carbocycles. The molecule has 0 aliphatic rings. The Morgan fingerprint density at radius 2 is 2.12 bits per heavy atom. The molecule has 0 fully saturated rings. The second kappa shape index (κ2) is 6.26. The van der Waals surface area contributed by atoms with Crippen molar-refractivity contribution in [2.24, 2.45) is 0 Å². The molecule has 0 bridgehead atoms. The topological polar surface area (TPSA) is 58.9 Å². The molecular formula is C4H7O4. The van der Waals surface area contributed by atoms with Crippen LogP contribution >= 0.6 is 0 Å². The van der Waals surface area contributed by atoms with Gasteiger partial charge in [0.25, 0.3) is 0 Å². The summed E-state index contributed by atoms with van der Waals surface area (Å²) in [6, 6.07) is 0. The summed E-state index contributed by atoms with van der Waals surface area (Å²) in [5, 5.41) is 15.9. The first-order chi connectivity index (χ1) is 3.91. The normalized spacial score (nSPS) is 9.75. The van der Waals surface area contributed by atoms with Gasteiger partial charge in [0, 0.05) is 0 Å². The van der Waals surface area contributed by atoms with Crippen molar-refractivity contribution < 1.29 is 19.7 Å². The van der Waals surface area contributed by atoms with Crippen molar-refractivity contribution in [1.29, 1.82) is 0 Å². The molecule has 0 aromatic carbocycles. The van der Waals surface area contributed by atoms with Crippen LogP contribution in [-0.4, -0.2) is 23.8 Å². The number of hydrogen-bond acceptors (Lipinski definition) is 4. The molecule has 0 aromatic rings. The Hall–Kier alpha value is -0.740. The minimum atomic E-state index is -0.439.